The van der Waals surface area contributed by atoms with E-state index >= 15 is 4.79 Å². The highest BCUT2D eigenvalue weighted by molar-refractivity contribution is 5.96. The molecule has 11 atom stereocenters. The molecule has 1 heterocycles. The first-order valence-electron chi connectivity index (χ1n) is 21.6. The number of amides is 1. The lowest BCUT2D eigenvalue weighted by atomic mass is 9.44. The predicted molar refractivity (Wildman–Crippen MR) is 232 cm³/mol. The Kier molecular flexibility index (Phi) is 13.0. The van der Waals surface area contributed by atoms with Crippen LogP contribution in [-0.4, -0.2) is 106 Å². The van der Waals surface area contributed by atoms with Crippen LogP contribution in [0, 0.1) is 16.7 Å². The number of esters is 5. The maximum atomic E-state index is 15.6. The van der Waals surface area contributed by atoms with Crippen LogP contribution in [0.5, 0.6) is 0 Å². The molecule has 16 heteroatoms. The second-order valence-corrected chi connectivity index (χ2v) is 18.0. The third-order valence-electron chi connectivity index (χ3n) is 13.9. The Morgan fingerprint density at radius 3 is 1.98 bits per heavy atom. The molecule has 0 aromatic heterocycles. The van der Waals surface area contributed by atoms with E-state index in [1.165, 1.54) is 26.0 Å². The van der Waals surface area contributed by atoms with Crippen molar-refractivity contribution in [2.45, 2.75) is 108 Å². The number of rotatable bonds is 12. The van der Waals surface area contributed by atoms with Gasteiger partial charge in [0, 0.05) is 43.7 Å². The molecule has 0 spiro atoms. The van der Waals surface area contributed by atoms with Crippen molar-refractivity contribution < 1.29 is 72.2 Å². The maximum Gasteiger partial charge on any atom is 0.350 e. The molecule has 16 nitrogen and oxygen atoms in total. The highest BCUT2D eigenvalue weighted by Gasteiger charge is 2.78. The normalized spacial score (nSPS) is 30.5. The van der Waals surface area contributed by atoms with Crippen molar-refractivity contribution in [3.63, 3.8) is 0 Å². The number of hydrogen-bond donors (Lipinski definition) is 3. The number of aliphatic hydroxyl groups is 2. The summed E-state index contributed by atoms with van der Waals surface area (Å²) in [5.74, 6) is -8.04. The quantitative estimate of drug-likeness (QED) is 0.0986. The van der Waals surface area contributed by atoms with E-state index in [0.717, 1.165) is 19.9 Å². The van der Waals surface area contributed by atoms with E-state index < -0.39 is 119 Å². The fourth-order valence-electron chi connectivity index (χ4n) is 10.5. The summed E-state index contributed by atoms with van der Waals surface area (Å²) in [5.41, 5.74) is -7.34. The highest BCUT2D eigenvalue weighted by Crippen LogP contribution is 2.64. The summed E-state index contributed by atoms with van der Waals surface area (Å²) in [4.78, 5) is 97.8. The van der Waals surface area contributed by atoms with Gasteiger partial charge in [0.05, 0.1) is 29.6 Å². The summed E-state index contributed by atoms with van der Waals surface area (Å²) in [7, 11) is 0. The van der Waals surface area contributed by atoms with Crippen molar-refractivity contribution >= 4 is 41.5 Å². The van der Waals surface area contributed by atoms with Crippen LogP contribution in [0.3, 0.4) is 0 Å². The Morgan fingerprint density at radius 1 is 0.848 bits per heavy atom. The van der Waals surface area contributed by atoms with Gasteiger partial charge < -0.3 is 44.0 Å². The van der Waals surface area contributed by atoms with Gasteiger partial charge in [-0.2, -0.15) is 0 Å². The molecule has 4 aliphatic rings. The molecule has 1 aliphatic heterocycles. The molecule has 3 aliphatic carbocycles. The molecule has 2 bridgehead atoms. The molecule has 3 N–H and O–H groups in total. The van der Waals surface area contributed by atoms with Gasteiger partial charge in [0.1, 0.15) is 30.0 Å². The van der Waals surface area contributed by atoms with Crippen molar-refractivity contribution in [3.8, 4) is 0 Å². The average Bonchev–Trinajstić information content (AvgIpc) is 3.28. The molecule has 2 saturated carbocycles. The smallest absolute Gasteiger partial charge is 0.350 e. The van der Waals surface area contributed by atoms with Gasteiger partial charge in [-0.05, 0) is 54.8 Å². The second-order valence-electron chi connectivity index (χ2n) is 18.0. The Labute approximate surface area is 381 Å². The zero-order valence-electron chi connectivity index (χ0n) is 37.4. The minimum atomic E-state index is -2.44. The lowest BCUT2D eigenvalue weighted by molar-refractivity contribution is -0.346. The third-order valence-corrected chi connectivity index (χ3v) is 13.9. The Morgan fingerprint density at radius 2 is 1.44 bits per heavy atom. The number of ketones is 1. The number of fused-ring (bicyclic) bond motifs is 5. The SMILES string of the molecule is C=CC(=O)O[C@@H](C(=O)O[C@H]1C[C@@]2(O)[C@@H](OC(=O)c3ccccc3)[C@@H]3[C@]4(OC(C)=O)CO[C@@H]4C[C@H](O)[C@@]3(C)C(=O)[C@H](OC(C)=O)C(=C1C)C2(C)C)[C@@H](NC(=O)c1ccccc1)c1ccccc1. The fourth-order valence-corrected chi connectivity index (χ4v) is 10.5. The van der Waals surface area contributed by atoms with Gasteiger partial charge in [-0.15, -0.1) is 0 Å². The lowest BCUT2D eigenvalue weighted by Crippen LogP contribution is -2.82. The van der Waals surface area contributed by atoms with Crippen molar-refractivity contribution in [2.75, 3.05) is 6.61 Å². The van der Waals surface area contributed by atoms with Crippen molar-refractivity contribution in [1.29, 1.82) is 0 Å². The van der Waals surface area contributed by atoms with Crippen LogP contribution in [0.4, 0.5) is 0 Å². The average molecular weight is 908 g/mol. The monoisotopic (exact) mass is 907 g/mol. The summed E-state index contributed by atoms with van der Waals surface area (Å²) in [5, 5.41) is 28.7. The minimum absolute atomic E-state index is 0.0352. The third kappa shape index (κ3) is 8.11. The van der Waals surface area contributed by atoms with Gasteiger partial charge in [-0.1, -0.05) is 87.2 Å². The maximum absolute atomic E-state index is 15.6. The van der Waals surface area contributed by atoms with Crippen molar-refractivity contribution in [2.24, 2.45) is 16.7 Å². The summed E-state index contributed by atoms with van der Waals surface area (Å²) in [6.45, 7) is 11.3. The van der Waals surface area contributed by atoms with Crippen LogP contribution in [0.25, 0.3) is 0 Å². The van der Waals surface area contributed by atoms with Gasteiger partial charge in [-0.25, -0.2) is 14.4 Å². The first-order chi connectivity index (χ1) is 31.2. The Balaban J connectivity index is 1.42. The van der Waals surface area contributed by atoms with E-state index in [9.17, 15) is 39.0 Å². The first-order valence-corrected chi connectivity index (χ1v) is 21.6. The van der Waals surface area contributed by atoms with Gasteiger partial charge >= 0.3 is 29.8 Å². The van der Waals surface area contributed by atoms with Crippen molar-refractivity contribution in [1.82, 2.24) is 5.32 Å². The Hall–Kier alpha value is -6.49. The van der Waals surface area contributed by atoms with Crippen LogP contribution in [-0.2, 0) is 52.4 Å². The molecule has 0 unspecified atom stereocenters. The fraction of sp³-hybridized carbons (Fsp3) is 0.420. The number of ether oxygens (including phenoxy) is 6. The van der Waals surface area contributed by atoms with Crippen LogP contribution in [0.2, 0.25) is 0 Å². The lowest BCUT2D eigenvalue weighted by Gasteiger charge is -2.67. The topological polar surface area (TPSA) is 227 Å². The number of carbonyl (C=O) groups is 7. The largest absolute Gasteiger partial charge is 0.455 e. The van der Waals surface area contributed by atoms with Gasteiger partial charge in [0.25, 0.3) is 5.91 Å². The number of benzene rings is 3. The molecule has 1 amide bonds. The van der Waals surface area contributed by atoms with Crippen LogP contribution in [0.1, 0.15) is 86.7 Å². The molecule has 3 fully saturated rings. The molecule has 3 aromatic carbocycles. The molecule has 7 rings (SSSR count). The van der Waals surface area contributed by atoms with E-state index in [2.05, 4.69) is 11.9 Å². The minimum Gasteiger partial charge on any atom is -0.455 e. The molecule has 66 heavy (non-hydrogen) atoms. The number of nitrogens with one attached hydrogen (secondary N) is 1. The standard InChI is InChI=1S/C50H53NO15/c1-8-36(55)64-40(38(30-18-12-9-13-19-30)51-44(57)31-20-14-10-15-21-31)46(59)63-33-25-50(60)43(65-45(58)32-22-16-11-17-23-32)41-48(7,34(54)24-35-49(41,26-61-35)66-29(4)53)42(56)39(62-28(3)52)37(27(33)2)47(50,5)6/h8-23,33-35,38-41,43,54,60H,1,24-26H2,2-7H3,(H,51,57)/t33-,34-,35+,38-,39+,40+,41-,43-,48+,49-,50+/m0/s1. The predicted octanol–water partition coefficient (Wildman–Crippen LogP) is 4.47. The number of aliphatic hydroxyl groups excluding tert-OH is 1. The molecule has 0 radical (unpaired) electrons. The van der Waals surface area contributed by atoms with E-state index in [4.69, 9.17) is 28.4 Å². The van der Waals surface area contributed by atoms with Crippen molar-refractivity contribution in [3.05, 3.63) is 131 Å². The highest BCUT2D eigenvalue weighted by atomic mass is 16.6. The van der Waals surface area contributed by atoms with Crippen LogP contribution >= 0.6 is 0 Å². The van der Waals surface area contributed by atoms with Gasteiger partial charge in [0.15, 0.2) is 17.5 Å². The molecular weight excluding hydrogens is 855 g/mol. The second kappa shape index (κ2) is 18.1. The molecule has 1 saturated heterocycles. The zero-order chi connectivity index (χ0) is 47.9. The Bertz CT molecular complexity index is 2450. The summed E-state index contributed by atoms with van der Waals surface area (Å²) >= 11 is 0. The van der Waals surface area contributed by atoms with Gasteiger partial charge in [0.2, 0.25) is 6.10 Å². The van der Waals surface area contributed by atoms with Crippen LogP contribution in [0.15, 0.2) is 115 Å². The summed E-state index contributed by atoms with van der Waals surface area (Å²) in [6, 6.07) is 22.7. The van der Waals surface area contributed by atoms with E-state index in [0.29, 0.717) is 5.56 Å². The van der Waals surface area contributed by atoms with E-state index in [1.807, 2.05) is 0 Å². The zero-order valence-corrected chi connectivity index (χ0v) is 37.4. The molecular formula is C50H53NO15. The number of carbonyl (C=O) groups excluding carboxylic acids is 7. The molecule has 3 aromatic rings. The summed E-state index contributed by atoms with van der Waals surface area (Å²) < 4.78 is 36.3. The van der Waals surface area contributed by atoms with Crippen LogP contribution < -0.4 is 5.32 Å². The number of Topliss-reactive ketones (excluding diaryl/α,β-unsaturated/α-hetero) is 1. The summed E-state index contributed by atoms with van der Waals surface area (Å²) in [6.07, 6.45) is -9.83. The first kappa shape index (κ1) is 47.5. The van der Waals surface area contributed by atoms with E-state index in [1.54, 1.807) is 92.7 Å². The molecule has 348 valence electrons. The number of hydrogen-bond acceptors (Lipinski definition) is 15. The van der Waals surface area contributed by atoms with E-state index in [-0.39, 0.29) is 35.3 Å². The van der Waals surface area contributed by atoms with Gasteiger partial charge in [-0.3, -0.25) is 19.2 Å².